The third-order valence-corrected chi connectivity index (χ3v) is 12.5. The van der Waals surface area contributed by atoms with E-state index >= 15 is 0 Å². The summed E-state index contributed by atoms with van der Waals surface area (Å²) >= 11 is 0. The lowest BCUT2D eigenvalue weighted by atomic mass is 10.0. The van der Waals surface area contributed by atoms with Crippen molar-refractivity contribution in [3.05, 3.63) is 119 Å². The normalized spacial score (nSPS) is 12.6. The van der Waals surface area contributed by atoms with Crippen LogP contribution in [0, 0.1) is 6.92 Å². The topological polar surface area (TPSA) is 167 Å². The van der Waals surface area contributed by atoms with Crippen LogP contribution in [-0.4, -0.2) is 64.0 Å². The number of aromatic nitrogens is 6. The number of fused-ring (bicyclic) bond motifs is 2. The molecule has 16 heteroatoms. The maximum Gasteiger partial charge on any atom is 0.282 e. The Balaban J connectivity index is 1.32. The lowest BCUT2D eigenvalue weighted by molar-refractivity contribution is 0.0899. The van der Waals surface area contributed by atoms with Crippen LogP contribution < -0.4 is 20.3 Å². The highest BCUT2D eigenvalue weighted by atomic mass is 32.2. The molecular weight excluding hydrogens is 749 g/mol. The molecule has 0 fully saturated rings. The van der Waals surface area contributed by atoms with Gasteiger partial charge in [0.1, 0.15) is 41.5 Å². The fraction of sp³-hybridized carbons (Fsp3) is 0.250. The summed E-state index contributed by atoms with van der Waals surface area (Å²) in [6, 6.07) is 22.2. The highest BCUT2D eigenvalue weighted by molar-refractivity contribution is 7.92. The highest BCUT2D eigenvalue weighted by Crippen LogP contribution is 2.38. The molecule has 7 rings (SSSR count). The molecule has 0 aliphatic heterocycles. The fourth-order valence-corrected chi connectivity index (χ4v) is 8.29. The molecule has 3 N–H and O–H groups in total. The summed E-state index contributed by atoms with van der Waals surface area (Å²) < 4.78 is 45.9. The van der Waals surface area contributed by atoms with Crippen molar-refractivity contribution in [1.82, 2.24) is 28.7 Å². The van der Waals surface area contributed by atoms with Gasteiger partial charge in [-0.3, -0.25) is 14.1 Å². The second-order valence-electron chi connectivity index (χ2n) is 14.8. The highest BCUT2D eigenvalue weighted by Gasteiger charge is 2.24. The molecule has 1 atom stereocenters. The smallest absolute Gasteiger partial charge is 0.282 e. The zero-order chi connectivity index (χ0) is 39.8. The van der Waals surface area contributed by atoms with Gasteiger partial charge in [-0.25, -0.2) is 22.9 Å². The van der Waals surface area contributed by atoms with Crippen molar-refractivity contribution >= 4 is 46.2 Å². The van der Waals surface area contributed by atoms with E-state index in [0.29, 0.717) is 57.4 Å². The van der Waals surface area contributed by atoms with Crippen LogP contribution in [-0.2, 0) is 21.5 Å². The van der Waals surface area contributed by atoms with Gasteiger partial charge in [-0.1, -0.05) is 37.8 Å². The third-order valence-electron chi connectivity index (χ3n) is 9.40. The zero-order valence-corrected chi connectivity index (χ0v) is 33.8. The van der Waals surface area contributed by atoms with Gasteiger partial charge in [0.25, 0.3) is 15.6 Å². The molecule has 0 saturated carbocycles. The molecule has 0 aliphatic carbocycles. The van der Waals surface area contributed by atoms with E-state index in [1.54, 1.807) is 39.5 Å². The minimum atomic E-state index is -4.03. The second-order valence-corrected chi connectivity index (χ2v) is 22.1. The minimum Gasteiger partial charge on any atom is -0.508 e. The number of para-hydroxylation sites is 1. The summed E-state index contributed by atoms with van der Waals surface area (Å²) in [5.74, 6) is 1.23. The van der Waals surface area contributed by atoms with Gasteiger partial charge < -0.3 is 24.5 Å². The lowest BCUT2D eigenvalue weighted by Crippen LogP contribution is -2.29. The molecule has 3 aromatic carbocycles. The van der Waals surface area contributed by atoms with Crippen LogP contribution in [0.1, 0.15) is 24.4 Å². The quantitative estimate of drug-likeness (QED) is 0.0757. The summed E-state index contributed by atoms with van der Waals surface area (Å²) in [7, 11) is -3.89. The molecule has 290 valence electrons. The van der Waals surface area contributed by atoms with Crippen molar-refractivity contribution < 1.29 is 23.0 Å². The van der Waals surface area contributed by atoms with Crippen LogP contribution in [0.4, 0.5) is 11.5 Å². The number of methoxy groups -OCH3 is 1. The Labute approximate surface area is 325 Å². The number of nitrogens with zero attached hydrogens (tertiary/aromatic N) is 6. The monoisotopic (exact) mass is 792 g/mol. The molecule has 0 saturated heterocycles. The molecule has 7 aromatic rings. The summed E-state index contributed by atoms with van der Waals surface area (Å²) in [6.07, 6.45) is 5.07. The number of ether oxygens (including phenoxy) is 2. The first-order valence-corrected chi connectivity index (χ1v) is 23.3. The molecule has 4 aromatic heterocycles. The number of hydrogen-bond donors (Lipinski definition) is 3. The predicted octanol–water partition coefficient (Wildman–Crippen LogP) is 7.21. The predicted molar refractivity (Wildman–Crippen MR) is 220 cm³/mol. The van der Waals surface area contributed by atoms with Crippen molar-refractivity contribution in [3.63, 3.8) is 0 Å². The van der Waals surface area contributed by atoms with Gasteiger partial charge in [-0.15, -0.1) is 0 Å². The Bertz CT molecular complexity index is 2710. The van der Waals surface area contributed by atoms with Gasteiger partial charge in [0.05, 0.1) is 34.8 Å². The first-order valence-electron chi connectivity index (χ1n) is 18.1. The van der Waals surface area contributed by atoms with E-state index in [4.69, 9.17) is 14.6 Å². The molecule has 0 radical (unpaired) electrons. The maximum absolute atomic E-state index is 14.1. The van der Waals surface area contributed by atoms with E-state index in [2.05, 4.69) is 39.6 Å². The number of aromatic hydroxyl groups is 1. The van der Waals surface area contributed by atoms with Crippen LogP contribution in [0.25, 0.3) is 33.4 Å². The van der Waals surface area contributed by atoms with Crippen molar-refractivity contribution in [1.29, 1.82) is 0 Å². The Morgan fingerprint density at radius 3 is 2.45 bits per heavy atom. The molecule has 0 unspecified atom stereocenters. The van der Waals surface area contributed by atoms with E-state index in [1.165, 1.54) is 31.6 Å². The van der Waals surface area contributed by atoms with Crippen molar-refractivity contribution in [2.45, 2.75) is 57.2 Å². The van der Waals surface area contributed by atoms with Crippen LogP contribution in [0.15, 0.2) is 107 Å². The van der Waals surface area contributed by atoms with Crippen molar-refractivity contribution in [3.8, 4) is 28.3 Å². The van der Waals surface area contributed by atoms with Crippen LogP contribution >= 0.6 is 0 Å². The first kappa shape index (κ1) is 38.3. The molecule has 0 bridgehead atoms. The maximum atomic E-state index is 14.1. The number of phenols is 1. The summed E-state index contributed by atoms with van der Waals surface area (Å²) in [5, 5.41) is 20.0. The van der Waals surface area contributed by atoms with Gasteiger partial charge in [0.15, 0.2) is 5.82 Å². The van der Waals surface area contributed by atoms with E-state index < -0.39 is 24.1 Å². The van der Waals surface area contributed by atoms with Gasteiger partial charge in [-0.2, -0.15) is 5.10 Å². The number of hydrogen-bond acceptors (Lipinski definition) is 10. The second kappa shape index (κ2) is 15.3. The van der Waals surface area contributed by atoms with Gasteiger partial charge >= 0.3 is 0 Å². The molecule has 14 nitrogen and oxygen atoms in total. The number of sulfonamides is 1. The Morgan fingerprint density at radius 1 is 0.982 bits per heavy atom. The fourth-order valence-electron chi connectivity index (χ4n) is 6.49. The van der Waals surface area contributed by atoms with E-state index in [-0.39, 0.29) is 28.6 Å². The largest absolute Gasteiger partial charge is 0.508 e. The Hall–Kier alpha value is -5.97. The minimum absolute atomic E-state index is 0.0278. The van der Waals surface area contributed by atoms with E-state index in [9.17, 15) is 18.3 Å². The number of rotatable bonds is 14. The van der Waals surface area contributed by atoms with Gasteiger partial charge in [0.2, 0.25) is 0 Å². The molecule has 0 aliphatic rings. The molecule has 0 spiro atoms. The van der Waals surface area contributed by atoms with Crippen molar-refractivity contribution in [2.75, 3.05) is 23.8 Å². The number of benzene rings is 3. The average molecular weight is 793 g/mol. The summed E-state index contributed by atoms with van der Waals surface area (Å²) in [5.41, 5.74) is 3.54. The first-order chi connectivity index (χ1) is 26.7. The Kier molecular flexibility index (Phi) is 10.5. The SMILES string of the molecule is COc1ccc(S(=O)(=O)Nc2cc(O)cc(-c3cn(COCC[Si](C)(C)C)c4ncnc(N[C@@H](C)c5nn6ccc(C)c6c(=O)n5-c5ccccc5)c34)c2)cc1. The lowest BCUT2D eigenvalue weighted by Gasteiger charge is -2.20. The summed E-state index contributed by atoms with van der Waals surface area (Å²) in [4.78, 5) is 23.4. The van der Waals surface area contributed by atoms with Gasteiger partial charge in [0, 0.05) is 38.7 Å². The third kappa shape index (κ3) is 7.89. The molecule has 0 amide bonds. The number of phenolic OH excluding ortho intramolecular Hbond substituents is 1. The molecular formula is C40H44N8O6SSi. The van der Waals surface area contributed by atoms with Crippen LogP contribution in [0.5, 0.6) is 11.5 Å². The average Bonchev–Trinajstić information content (AvgIpc) is 3.73. The zero-order valence-electron chi connectivity index (χ0n) is 32.0. The standard InChI is InChI=1S/C40H44N8O6SSi/c1-26-16-17-47-36(26)40(50)48(30-10-8-7-9-11-30)38(44-47)27(2)43-37-35-34(23-46(39(35)42-24-41-37)25-54-18-19-56(4,5)6)28-20-29(22-31(49)21-28)45-55(51,52)33-14-12-32(53-3)13-15-33/h7-17,20-24,27,45,49H,18-19,25H2,1-6H3,(H,41,42,43)/t27-/m0/s1. The van der Waals surface area contributed by atoms with E-state index in [0.717, 1.165) is 11.6 Å². The summed E-state index contributed by atoms with van der Waals surface area (Å²) in [6.45, 7) is 11.4. The van der Waals surface area contributed by atoms with Crippen molar-refractivity contribution in [2.24, 2.45) is 0 Å². The van der Waals surface area contributed by atoms with Crippen LogP contribution in [0.3, 0.4) is 0 Å². The number of nitrogens with one attached hydrogen (secondary N) is 2. The Morgan fingerprint density at radius 2 is 1.73 bits per heavy atom. The van der Waals surface area contributed by atoms with E-state index in [1.807, 2.05) is 61.0 Å². The van der Waals surface area contributed by atoms with Crippen LogP contribution in [0.2, 0.25) is 25.7 Å². The van der Waals surface area contributed by atoms with Gasteiger partial charge in [-0.05, 0) is 85.6 Å². The number of aryl methyl sites for hydroxylation is 1. The number of anilines is 2. The molecule has 4 heterocycles. The molecule has 56 heavy (non-hydrogen) atoms.